The lowest BCUT2D eigenvalue weighted by molar-refractivity contribution is -0.120. The zero-order chi connectivity index (χ0) is 15.1. The fourth-order valence-corrected chi connectivity index (χ4v) is 2.31. The van der Waals surface area contributed by atoms with E-state index in [2.05, 4.69) is 15.5 Å². The second kappa shape index (κ2) is 7.44. The van der Waals surface area contributed by atoms with Gasteiger partial charge >= 0.3 is 0 Å². The molecule has 1 heterocycles. The van der Waals surface area contributed by atoms with Gasteiger partial charge in [0.15, 0.2) is 0 Å². The van der Waals surface area contributed by atoms with Gasteiger partial charge in [-0.15, -0.1) is 0 Å². The van der Waals surface area contributed by atoms with Crippen molar-refractivity contribution in [1.82, 2.24) is 10.4 Å². The molecule has 21 heavy (non-hydrogen) atoms. The third kappa shape index (κ3) is 4.61. The maximum atomic E-state index is 11.9. The molecule has 6 heteroatoms. The van der Waals surface area contributed by atoms with Gasteiger partial charge in [0.1, 0.15) is 5.75 Å². The molecule has 0 saturated carbocycles. The monoisotopic (exact) mass is 301 g/mol. The topological polar surface area (TPSA) is 74.6 Å². The SMILES string of the molecule is CC(Sc1ccccn1)C(=O)NN=Cc1ccccc1O. The average Bonchev–Trinajstić information content (AvgIpc) is 2.50. The van der Waals surface area contributed by atoms with Crippen LogP contribution < -0.4 is 5.43 Å². The highest BCUT2D eigenvalue weighted by molar-refractivity contribution is 8.00. The van der Waals surface area contributed by atoms with Gasteiger partial charge in [0.05, 0.1) is 16.5 Å². The highest BCUT2D eigenvalue weighted by Crippen LogP contribution is 2.20. The molecule has 2 rings (SSSR count). The Labute approximate surface area is 127 Å². The van der Waals surface area contributed by atoms with Crippen LogP contribution in [0.2, 0.25) is 0 Å². The van der Waals surface area contributed by atoms with Crippen molar-refractivity contribution in [1.29, 1.82) is 0 Å². The number of phenolic OH excluding ortho intramolecular Hbond substituents is 1. The first-order valence-electron chi connectivity index (χ1n) is 6.35. The second-order valence-electron chi connectivity index (χ2n) is 4.22. The Balaban J connectivity index is 1.88. The summed E-state index contributed by atoms with van der Waals surface area (Å²) in [5.41, 5.74) is 2.99. The lowest BCUT2D eigenvalue weighted by atomic mass is 10.2. The van der Waals surface area contributed by atoms with Gasteiger partial charge in [0, 0.05) is 11.8 Å². The molecule has 1 aromatic carbocycles. The van der Waals surface area contributed by atoms with Crippen LogP contribution in [0.5, 0.6) is 5.75 Å². The molecule has 0 aliphatic carbocycles. The van der Waals surface area contributed by atoms with Crippen molar-refractivity contribution >= 4 is 23.9 Å². The number of aromatic hydroxyl groups is 1. The number of phenols is 1. The van der Waals surface area contributed by atoms with Crippen molar-refractivity contribution in [3.63, 3.8) is 0 Å². The summed E-state index contributed by atoms with van der Waals surface area (Å²) in [4.78, 5) is 16.0. The Morgan fingerprint density at radius 2 is 2.10 bits per heavy atom. The van der Waals surface area contributed by atoms with Crippen molar-refractivity contribution in [3.05, 3.63) is 54.2 Å². The lowest BCUT2D eigenvalue weighted by Gasteiger charge is -2.08. The van der Waals surface area contributed by atoms with Crippen LogP contribution in [0.15, 0.2) is 58.8 Å². The van der Waals surface area contributed by atoms with Gasteiger partial charge in [0.25, 0.3) is 5.91 Å². The van der Waals surface area contributed by atoms with Gasteiger partial charge in [-0.25, -0.2) is 10.4 Å². The third-order valence-corrected chi connectivity index (χ3v) is 3.67. The maximum absolute atomic E-state index is 11.9. The van der Waals surface area contributed by atoms with Crippen molar-refractivity contribution in [2.45, 2.75) is 17.2 Å². The van der Waals surface area contributed by atoms with Crippen LogP contribution in [0.25, 0.3) is 0 Å². The predicted octanol–water partition coefficient (Wildman–Crippen LogP) is 2.42. The van der Waals surface area contributed by atoms with Crippen LogP contribution in [0.1, 0.15) is 12.5 Å². The molecule has 1 amide bonds. The maximum Gasteiger partial charge on any atom is 0.253 e. The summed E-state index contributed by atoms with van der Waals surface area (Å²) in [6.45, 7) is 1.78. The van der Waals surface area contributed by atoms with Crippen LogP contribution in [-0.4, -0.2) is 27.5 Å². The summed E-state index contributed by atoms with van der Waals surface area (Å²) in [6, 6.07) is 12.3. The summed E-state index contributed by atoms with van der Waals surface area (Å²) >= 11 is 1.35. The first-order valence-corrected chi connectivity index (χ1v) is 7.23. The lowest BCUT2D eigenvalue weighted by Crippen LogP contribution is -2.26. The van der Waals surface area contributed by atoms with E-state index < -0.39 is 0 Å². The Kier molecular flexibility index (Phi) is 5.34. The smallest absolute Gasteiger partial charge is 0.253 e. The average molecular weight is 301 g/mol. The normalized spacial score (nSPS) is 12.2. The van der Waals surface area contributed by atoms with Crippen molar-refractivity contribution < 1.29 is 9.90 Å². The summed E-state index contributed by atoms with van der Waals surface area (Å²) in [6.07, 6.45) is 3.09. The molecule has 1 aromatic heterocycles. The van der Waals surface area contributed by atoms with Gasteiger partial charge < -0.3 is 5.11 Å². The minimum absolute atomic E-state index is 0.117. The van der Waals surface area contributed by atoms with E-state index in [1.165, 1.54) is 18.0 Å². The highest BCUT2D eigenvalue weighted by atomic mass is 32.2. The number of nitrogens with one attached hydrogen (secondary N) is 1. The Bertz CT molecular complexity index is 632. The standard InChI is InChI=1S/C15H15N3O2S/c1-11(21-14-8-4-5-9-16-14)15(20)18-17-10-12-6-2-3-7-13(12)19/h2-11,19H,1H3,(H,18,20). The predicted molar refractivity (Wildman–Crippen MR) is 83.4 cm³/mol. The van der Waals surface area contributed by atoms with E-state index in [0.29, 0.717) is 5.56 Å². The van der Waals surface area contributed by atoms with E-state index in [9.17, 15) is 9.90 Å². The number of hydrogen-bond acceptors (Lipinski definition) is 5. The van der Waals surface area contributed by atoms with Crippen LogP contribution in [0.4, 0.5) is 0 Å². The minimum Gasteiger partial charge on any atom is -0.507 e. The molecular weight excluding hydrogens is 286 g/mol. The molecule has 0 aliphatic rings. The van der Waals surface area contributed by atoms with E-state index in [4.69, 9.17) is 0 Å². The van der Waals surface area contributed by atoms with E-state index in [1.807, 2.05) is 18.2 Å². The van der Waals surface area contributed by atoms with E-state index in [1.54, 1.807) is 37.4 Å². The Morgan fingerprint density at radius 3 is 2.81 bits per heavy atom. The summed E-state index contributed by atoms with van der Waals surface area (Å²) < 4.78 is 0. The molecule has 5 nitrogen and oxygen atoms in total. The number of hydrogen-bond donors (Lipinski definition) is 2. The van der Waals surface area contributed by atoms with Gasteiger partial charge in [-0.3, -0.25) is 4.79 Å². The quantitative estimate of drug-likeness (QED) is 0.505. The van der Waals surface area contributed by atoms with Gasteiger partial charge in [0.2, 0.25) is 0 Å². The highest BCUT2D eigenvalue weighted by Gasteiger charge is 2.14. The molecule has 2 aromatic rings. The second-order valence-corrected chi connectivity index (χ2v) is 5.58. The van der Waals surface area contributed by atoms with E-state index in [-0.39, 0.29) is 16.9 Å². The molecular formula is C15H15N3O2S. The summed E-state index contributed by atoms with van der Waals surface area (Å²) in [7, 11) is 0. The van der Waals surface area contributed by atoms with Gasteiger partial charge in [-0.2, -0.15) is 5.10 Å². The molecule has 108 valence electrons. The van der Waals surface area contributed by atoms with E-state index >= 15 is 0 Å². The molecule has 0 bridgehead atoms. The number of para-hydroxylation sites is 1. The number of benzene rings is 1. The largest absolute Gasteiger partial charge is 0.507 e. The number of rotatable bonds is 5. The Hall–Kier alpha value is -2.34. The zero-order valence-corrected chi connectivity index (χ0v) is 12.2. The molecule has 0 radical (unpaired) electrons. The Morgan fingerprint density at radius 1 is 1.33 bits per heavy atom. The van der Waals surface area contributed by atoms with Crippen molar-refractivity contribution in [2.24, 2.45) is 5.10 Å². The van der Waals surface area contributed by atoms with Crippen LogP contribution in [-0.2, 0) is 4.79 Å². The fraction of sp³-hybridized carbons (Fsp3) is 0.133. The molecule has 1 unspecified atom stereocenters. The van der Waals surface area contributed by atoms with Gasteiger partial charge in [-0.05, 0) is 31.2 Å². The van der Waals surface area contributed by atoms with Crippen LogP contribution in [0.3, 0.4) is 0 Å². The summed E-state index contributed by atoms with van der Waals surface area (Å²) in [5, 5.41) is 13.9. The number of amides is 1. The number of nitrogens with zero attached hydrogens (tertiary/aromatic N) is 2. The molecule has 1 atom stereocenters. The number of pyridine rings is 1. The minimum atomic E-state index is -0.318. The number of thioether (sulfide) groups is 1. The number of carbonyl (C=O) groups excluding carboxylic acids is 1. The number of aromatic nitrogens is 1. The molecule has 0 spiro atoms. The molecule has 0 aliphatic heterocycles. The first kappa shape index (κ1) is 15.1. The zero-order valence-electron chi connectivity index (χ0n) is 11.4. The fourth-order valence-electron chi connectivity index (χ4n) is 1.50. The van der Waals surface area contributed by atoms with Gasteiger partial charge in [-0.1, -0.05) is 30.0 Å². The molecule has 0 fully saturated rings. The van der Waals surface area contributed by atoms with E-state index in [0.717, 1.165) is 5.03 Å². The molecule has 2 N–H and O–H groups in total. The van der Waals surface area contributed by atoms with Crippen molar-refractivity contribution in [2.75, 3.05) is 0 Å². The number of carbonyl (C=O) groups is 1. The van der Waals surface area contributed by atoms with Crippen molar-refractivity contribution in [3.8, 4) is 5.75 Å². The number of hydrazone groups is 1. The van der Waals surface area contributed by atoms with Crippen LogP contribution >= 0.6 is 11.8 Å². The summed E-state index contributed by atoms with van der Waals surface area (Å²) in [5.74, 6) is -0.108. The molecule has 0 saturated heterocycles. The van der Waals surface area contributed by atoms with Crippen LogP contribution in [0, 0.1) is 0 Å². The third-order valence-electron chi connectivity index (χ3n) is 2.62. The first-order chi connectivity index (χ1) is 10.2.